The molecular weight excluding hydrogens is 178 g/mol. The van der Waals surface area contributed by atoms with Crippen LogP contribution in [-0.4, -0.2) is 11.1 Å². The van der Waals surface area contributed by atoms with Crippen LogP contribution in [0.3, 0.4) is 0 Å². The molecule has 0 bridgehead atoms. The molecule has 78 valence electrons. The first kappa shape index (κ1) is 12.5. The van der Waals surface area contributed by atoms with Crippen LogP contribution in [0.4, 0.5) is 5.69 Å². The SMILES string of the molecule is CC.Cc1ccc(N)c(C(=O)O)c1C. The summed E-state index contributed by atoms with van der Waals surface area (Å²) in [5, 5.41) is 8.79. The predicted octanol–water partition coefficient (Wildman–Crippen LogP) is 2.61. The molecule has 0 aliphatic carbocycles. The largest absolute Gasteiger partial charge is 0.478 e. The summed E-state index contributed by atoms with van der Waals surface area (Å²) >= 11 is 0. The molecule has 0 atom stereocenters. The van der Waals surface area contributed by atoms with Crippen molar-refractivity contribution in [3.8, 4) is 0 Å². The molecule has 0 radical (unpaired) electrons. The Morgan fingerprint density at radius 1 is 1.29 bits per heavy atom. The minimum Gasteiger partial charge on any atom is -0.478 e. The minimum atomic E-state index is -0.964. The Bertz CT molecular complexity index is 332. The van der Waals surface area contributed by atoms with Gasteiger partial charge in [0.15, 0.2) is 0 Å². The van der Waals surface area contributed by atoms with Gasteiger partial charge in [-0.2, -0.15) is 0 Å². The van der Waals surface area contributed by atoms with Crippen molar-refractivity contribution in [1.82, 2.24) is 0 Å². The van der Waals surface area contributed by atoms with E-state index in [1.807, 2.05) is 26.8 Å². The van der Waals surface area contributed by atoms with Crippen LogP contribution in [0.5, 0.6) is 0 Å². The lowest BCUT2D eigenvalue weighted by atomic mass is 10.0. The normalized spacial score (nSPS) is 8.86. The third-order valence-corrected chi connectivity index (χ3v) is 1.98. The number of aromatic carboxylic acids is 1. The molecule has 0 amide bonds. The number of aryl methyl sites for hydroxylation is 1. The summed E-state index contributed by atoms with van der Waals surface area (Å²) in [4.78, 5) is 10.7. The van der Waals surface area contributed by atoms with Crippen molar-refractivity contribution in [3.63, 3.8) is 0 Å². The van der Waals surface area contributed by atoms with Crippen molar-refractivity contribution >= 4 is 11.7 Å². The minimum absolute atomic E-state index is 0.218. The maximum atomic E-state index is 10.7. The molecule has 0 saturated carbocycles. The van der Waals surface area contributed by atoms with Crippen molar-refractivity contribution in [2.24, 2.45) is 0 Å². The summed E-state index contributed by atoms with van der Waals surface area (Å²) in [6.07, 6.45) is 0. The number of hydrogen-bond donors (Lipinski definition) is 2. The Balaban J connectivity index is 0.000000791. The summed E-state index contributed by atoms with van der Waals surface area (Å²) in [7, 11) is 0. The van der Waals surface area contributed by atoms with Crippen LogP contribution in [0, 0.1) is 13.8 Å². The fourth-order valence-electron chi connectivity index (χ4n) is 1.12. The Hall–Kier alpha value is -1.51. The fourth-order valence-corrected chi connectivity index (χ4v) is 1.12. The van der Waals surface area contributed by atoms with E-state index in [0.29, 0.717) is 5.69 Å². The number of carbonyl (C=O) groups is 1. The first-order chi connectivity index (χ1) is 6.54. The summed E-state index contributed by atoms with van der Waals surface area (Å²) in [5.41, 5.74) is 7.74. The number of rotatable bonds is 1. The van der Waals surface area contributed by atoms with E-state index >= 15 is 0 Å². The van der Waals surface area contributed by atoms with Crippen LogP contribution >= 0.6 is 0 Å². The van der Waals surface area contributed by atoms with Gasteiger partial charge in [0.25, 0.3) is 0 Å². The fraction of sp³-hybridized carbons (Fsp3) is 0.364. The van der Waals surface area contributed by atoms with Crippen LogP contribution in [0.15, 0.2) is 12.1 Å². The molecule has 0 aromatic heterocycles. The number of nitrogens with two attached hydrogens (primary N) is 1. The van der Waals surface area contributed by atoms with Gasteiger partial charge in [0, 0.05) is 5.69 Å². The van der Waals surface area contributed by atoms with E-state index in [0.717, 1.165) is 11.1 Å². The maximum absolute atomic E-state index is 10.7. The molecule has 3 heteroatoms. The standard InChI is InChI=1S/C9H11NO2.C2H6/c1-5-3-4-7(10)8(6(5)2)9(11)12;1-2/h3-4H,10H2,1-2H3,(H,11,12);1-2H3. The van der Waals surface area contributed by atoms with Crippen LogP contribution < -0.4 is 5.73 Å². The van der Waals surface area contributed by atoms with Gasteiger partial charge in [-0.15, -0.1) is 0 Å². The van der Waals surface area contributed by atoms with Crippen molar-refractivity contribution in [1.29, 1.82) is 0 Å². The quantitative estimate of drug-likeness (QED) is 0.677. The van der Waals surface area contributed by atoms with Crippen LogP contribution in [0.1, 0.15) is 35.3 Å². The Morgan fingerprint density at radius 2 is 1.79 bits per heavy atom. The van der Waals surface area contributed by atoms with Crippen molar-refractivity contribution in [2.75, 3.05) is 5.73 Å². The molecule has 1 aromatic rings. The van der Waals surface area contributed by atoms with E-state index in [2.05, 4.69) is 0 Å². The van der Waals surface area contributed by atoms with Gasteiger partial charge in [-0.25, -0.2) is 4.79 Å². The van der Waals surface area contributed by atoms with E-state index in [9.17, 15) is 4.79 Å². The number of anilines is 1. The van der Waals surface area contributed by atoms with Gasteiger partial charge in [-0.3, -0.25) is 0 Å². The first-order valence-corrected chi connectivity index (χ1v) is 4.63. The Labute approximate surface area is 84.6 Å². The summed E-state index contributed by atoms with van der Waals surface area (Å²) < 4.78 is 0. The lowest BCUT2D eigenvalue weighted by Crippen LogP contribution is -2.05. The number of carboxylic acid groups (broad SMARTS) is 1. The molecule has 0 fully saturated rings. The van der Waals surface area contributed by atoms with E-state index in [4.69, 9.17) is 10.8 Å². The Kier molecular flexibility index (Phi) is 4.70. The third-order valence-electron chi connectivity index (χ3n) is 1.98. The number of carboxylic acids is 1. The Morgan fingerprint density at radius 3 is 2.14 bits per heavy atom. The molecule has 0 aliphatic rings. The summed E-state index contributed by atoms with van der Waals surface area (Å²) in [6.45, 7) is 7.62. The number of benzene rings is 1. The molecule has 0 saturated heterocycles. The van der Waals surface area contributed by atoms with Gasteiger partial charge in [0.05, 0.1) is 5.56 Å². The second-order valence-electron chi connectivity index (χ2n) is 2.78. The molecule has 14 heavy (non-hydrogen) atoms. The molecule has 0 spiro atoms. The highest BCUT2D eigenvalue weighted by Gasteiger charge is 2.11. The van der Waals surface area contributed by atoms with Gasteiger partial charge < -0.3 is 10.8 Å². The molecule has 1 rings (SSSR count). The first-order valence-electron chi connectivity index (χ1n) is 4.63. The lowest BCUT2D eigenvalue weighted by molar-refractivity contribution is 0.0697. The molecule has 0 unspecified atom stereocenters. The zero-order valence-electron chi connectivity index (χ0n) is 9.09. The van der Waals surface area contributed by atoms with Crippen LogP contribution in [0.2, 0.25) is 0 Å². The molecule has 0 aliphatic heterocycles. The van der Waals surface area contributed by atoms with Crippen LogP contribution in [-0.2, 0) is 0 Å². The smallest absolute Gasteiger partial charge is 0.338 e. The highest BCUT2D eigenvalue weighted by molar-refractivity contribution is 5.95. The van der Waals surface area contributed by atoms with Crippen LogP contribution in [0.25, 0.3) is 0 Å². The van der Waals surface area contributed by atoms with Gasteiger partial charge in [-0.05, 0) is 31.0 Å². The van der Waals surface area contributed by atoms with Gasteiger partial charge in [-0.1, -0.05) is 19.9 Å². The predicted molar refractivity (Wildman–Crippen MR) is 58.6 cm³/mol. The highest BCUT2D eigenvalue weighted by atomic mass is 16.4. The van der Waals surface area contributed by atoms with E-state index in [-0.39, 0.29) is 5.56 Å². The van der Waals surface area contributed by atoms with Gasteiger partial charge in [0.2, 0.25) is 0 Å². The third kappa shape index (κ3) is 2.49. The zero-order valence-corrected chi connectivity index (χ0v) is 9.09. The average Bonchev–Trinajstić information content (AvgIpc) is 2.15. The monoisotopic (exact) mass is 195 g/mol. The van der Waals surface area contributed by atoms with E-state index in [1.165, 1.54) is 0 Å². The second kappa shape index (κ2) is 5.27. The zero-order chi connectivity index (χ0) is 11.3. The summed E-state index contributed by atoms with van der Waals surface area (Å²) in [6, 6.07) is 3.43. The number of hydrogen-bond acceptors (Lipinski definition) is 2. The van der Waals surface area contributed by atoms with Crippen molar-refractivity contribution < 1.29 is 9.90 Å². The summed E-state index contributed by atoms with van der Waals surface area (Å²) in [5.74, 6) is -0.964. The number of nitrogen functional groups attached to an aromatic ring is 1. The molecule has 1 aromatic carbocycles. The maximum Gasteiger partial charge on any atom is 0.338 e. The highest BCUT2D eigenvalue weighted by Crippen LogP contribution is 2.19. The van der Waals surface area contributed by atoms with E-state index < -0.39 is 5.97 Å². The van der Waals surface area contributed by atoms with E-state index in [1.54, 1.807) is 13.0 Å². The van der Waals surface area contributed by atoms with Gasteiger partial charge in [0.1, 0.15) is 0 Å². The second-order valence-corrected chi connectivity index (χ2v) is 2.78. The average molecular weight is 195 g/mol. The van der Waals surface area contributed by atoms with Crippen molar-refractivity contribution in [3.05, 3.63) is 28.8 Å². The topological polar surface area (TPSA) is 63.3 Å². The van der Waals surface area contributed by atoms with Gasteiger partial charge >= 0.3 is 5.97 Å². The molecule has 3 N–H and O–H groups in total. The van der Waals surface area contributed by atoms with Crippen molar-refractivity contribution in [2.45, 2.75) is 27.7 Å². The lowest BCUT2D eigenvalue weighted by Gasteiger charge is -2.06. The molecule has 3 nitrogen and oxygen atoms in total. The molecular formula is C11H17NO2. The molecule has 0 heterocycles.